The fraction of sp³-hybridized carbons (Fsp3) is 0.0385. The average Bonchev–Trinajstić information content (AvgIpc) is 3.16. The fourth-order valence-electron chi connectivity index (χ4n) is 3.47. The monoisotopic (exact) mass is 482 g/mol. The Morgan fingerprint density at radius 1 is 1.09 bits per heavy atom. The van der Waals surface area contributed by atoms with Gasteiger partial charge < -0.3 is 5.32 Å². The number of nitro benzene ring substituents is 1. The number of aryl methyl sites for hydroxylation is 1. The highest BCUT2D eigenvalue weighted by atomic mass is 32.1. The number of anilines is 1. The van der Waals surface area contributed by atoms with Gasteiger partial charge in [0, 0.05) is 17.8 Å². The third-order valence-corrected chi connectivity index (χ3v) is 6.24. The Hall–Kier alpha value is -4.81. The highest BCUT2D eigenvalue weighted by Gasteiger charge is 2.18. The van der Waals surface area contributed by atoms with Crippen LogP contribution in [0.25, 0.3) is 17.3 Å². The summed E-state index contributed by atoms with van der Waals surface area (Å²) >= 11 is 0.975. The largest absolute Gasteiger partial charge is 0.321 e. The van der Waals surface area contributed by atoms with Crippen molar-refractivity contribution in [3.8, 4) is 11.8 Å². The molecule has 1 amide bonds. The van der Waals surface area contributed by atoms with Crippen molar-refractivity contribution in [2.45, 2.75) is 6.92 Å². The maximum atomic E-state index is 13.5. The van der Waals surface area contributed by atoms with E-state index in [2.05, 4.69) is 5.32 Å². The molecule has 3 aromatic carbocycles. The molecule has 0 radical (unpaired) electrons. The number of nitro groups is 1. The van der Waals surface area contributed by atoms with Crippen molar-refractivity contribution in [3.63, 3.8) is 0 Å². The van der Waals surface area contributed by atoms with Crippen LogP contribution in [-0.2, 0) is 4.79 Å². The van der Waals surface area contributed by atoms with E-state index in [9.17, 15) is 25.0 Å². The number of nitriles is 1. The van der Waals surface area contributed by atoms with Gasteiger partial charge in [-0.05, 0) is 42.3 Å². The Morgan fingerprint density at radius 2 is 1.80 bits per heavy atom. The Kier molecular flexibility index (Phi) is 6.66. The normalized spacial score (nSPS) is 12.1. The zero-order valence-corrected chi connectivity index (χ0v) is 19.3. The molecule has 1 aromatic heterocycles. The van der Waals surface area contributed by atoms with Gasteiger partial charge in [0.2, 0.25) is 0 Å². The van der Waals surface area contributed by atoms with Crippen molar-refractivity contribution in [1.82, 2.24) is 4.57 Å². The van der Waals surface area contributed by atoms with Crippen molar-refractivity contribution < 1.29 is 9.72 Å². The van der Waals surface area contributed by atoms with Crippen LogP contribution in [0.5, 0.6) is 0 Å². The summed E-state index contributed by atoms with van der Waals surface area (Å²) in [5, 5.41) is 23.8. The molecule has 4 aromatic rings. The lowest BCUT2D eigenvalue weighted by Gasteiger charge is -2.08. The van der Waals surface area contributed by atoms with Crippen LogP contribution in [0.1, 0.15) is 11.1 Å². The number of non-ortho nitro benzene ring substituents is 1. The molecule has 35 heavy (non-hydrogen) atoms. The molecule has 0 aliphatic rings. The minimum Gasteiger partial charge on any atom is -0.321 e. The third kappa shape index (κ3) is 4.93. The number of benzene rings is 3. The summed E-state index contributed by atoms with van der Waals surface area (Å²) in [5.41, 5.74) is 1.49. The lowest BCUT2D eigenvalue weighted by Crippen LogP contribution is -2.32. The topological polar surface area (TPSA) is 118 Å². The van der Waals surface area contributed by atoms with Crippen molar-refractivity contribution in [3.05, 3.63) is 120 Å². The first-order chi connectivity index (χ1) is 16.9. The smallest absolute Gasteiger partial charge is 0.273 e. The van der Waals surface area contributed by atoms with Crippen LogP contribution < -0.4 is 20.1 Å². The van der Waals surface area contributed by atoms with Crippen LogP contribution in [0.2, 0.25) is 0 Å². The molecule has 0 bridgehead atoms. The second-order valence-electron chi connectivity index (χ2n) is 7.50. The Labute approximate surface area is 203 Å². The Balaban J connectivity index is 1.99. The lowest BCUT2D eigenvalue weighted by atomic mass is 10.2. The van der Waals surface area contributed by atoms with Gasteiger partial charge in [0.25, 0.3) is 17.2 Å². The second kappa shape index (κ2) is 9.99. The summed E-state index contributed by atoms with van der Waals surface area (Å²) in [7, 11) is 0. The van der Waals surface area contributed by atoms with Crippen molar-refractivity contribution in [1.29, 1.82) is 5.26 Å². The number of hydrogen-bond donors (Lipinski definition) is 1. The number of rotatable bonds is 5. The predicted molar refractivity (Wildman–Crippen MR) is 135 cm³/mol. The van der Waals surface area contributed by atoms with Crippen molar-refractivity contribution in [2.75, 3.05) is 5.32 Å². The fourth-order valence-corrected chi connectivity index (χ4v) is 4.57. The molecule has 0 atom stereocenters. The molecular formula is C26H18N4O4S. The number of thiazole rings is 1. The van der Waals surface area contributed by atoms with Crippen LogP contribution in [0, 0.1) is 28.4 Å². The molecule has 0 spiro atoms. The van der Waals surface area contributed by atoms with E-state index >= 15 is 0 Å². The van der Waals surface area contributed by atoms with Gasteiger partial charge in [0.1, 0.15) is 10.7 Å². The van der Waals surface area contributed by atoms with Gasteiger partial charge in [-0.3, -0.25) is 24.3 Å². The number of para-hydroxylation sites is 2. The maximum Gasteiger partial charge on any atom is 0.273 e. The SMILES string of the molecule is Cc1ccccc1-n1c(=O)/c(=C\c2cccc([N+](=O)[O-])c2)s/c1=C(\C#N)C(=O)Nc1ccccc1. The number of nitrogens with one attached hydrogen (secondary N) is 1. The van der Waals surface area contributed by atoms with Gasteiger partial charge in [-0.2, -0.15) is 5.26 Å². The van der Waals surface area contributed by atoms with E-state index in [4.69, 9.17) is 0 Å². The van der Waals surface area contributed by atoms with Gasteiger partial charge in [0.05, 0.1) is 15.1 Å². The summed E-state index contributed by atoms with van der Waals surface area (Å²) in [6.07, 6.45) is 1.52. The van der Waals surface area contributed by atoms with Gasteiger partial charge in [0.15, 0.2) is 5.57 Å². The number of amides is 1. The number of hydrogen-bond acceptors (Lipinski definition) is 6. The number of carbonyl (C=O) groups is 1. The summed E-state index contributed by atoms with van der Waals surface area (Å²) < 4.78 is 1.73. The zero-order valence-electron chi connectivity index (χ0n) is 18.5. The molecule has 1 heterocycles. The van der Waals surface area contributed by atoms with Gasteiger partial charge in [-0.15, -0.1) is 11.3 Å². The molecule has 0 saturated heterocycles. The summed E-state index contributed by atoms with van der Waals surface area (Å²) in [6.45, 7) is 1.82. The summed E-state index contributed by atoms with van der Waals surface area (Å²) in [4.78, 5) is 37.2. The highest BCUT2D eigenvalue weighted by Crippen LogP contribution is 2.14. The highest BCUT2D eigenvalue weighted by molar-refractivity contribution is 7.07. The van der Waals surface area contributed by atoms with Crippen LogP contribution in [-0.4, -0.2) is 15.4 Å². The number of carbonyl (C=O) groups excluding carboxylic acids is 1. The first kappa shape index (κ1) is 23.4. The van der Waals surface area contributed by atoms with E-state index in [1.165, 1.54) is 28.8 Å². The predicted octanol–water partition coefficient (Wildman–Crippen LogP) is 3.26. The Bertz CT molecular complexity index is 1660. The van der Waals surface area contributed by atoms with Crippen molar-refractivity contribution >= 4 is 40.3 Å². The molecule has 1 N–H and O–H groups in total. The molecule has 0 saturated carbocycles. The van der Waals surface area contributed by atoms with E-state index in [1.54, 1.807) is 48.5 Å². The molecule has 172 valence electrons. The summed E-state index contributed by atoms with van der Waals surface area (Å²) in [5.74, 6) is -0.649. The minimum absolute atomic E-state index is 0.110. The maximum absolute atomic E-state index is 13.5. The first-order valence-corrected chi connectivity index (χ1v) is 11.3. The van der Waals surface area contributed by atoms with Crippen LogP contribution in [0.4, 0.5) is 11.4 Å². The quantitative estimate of drug-likeness (QED) is 0.346. The molecule has 0 aliphatic carbocycles. The van der Waals surface area contributed by atoms with E-state index in [0.29, 0.717) is 16.9 Å². The molecule has 4 rings (SSSR count). The van der Waals surface area contributed by atoms with Gasteiger partial charge >= 0.3 is 0 Å². The molecule has 8 nitrogen and oxygen atoms in total. The average molecular weight is 483 g/mol. The minimum atomic E-state index is -0.649. The van der Waals surface area contributed by atoms with Crippen LogP contribution in [0.15, 0.2) is 83.7 Å². The van der Waals surface area contributed by atoms with E-state index < -0.39 is 16.4 Å². The standard InChI is InChI=1S/C26H18N4O4S/c1-17-8-5-6-13-22(17)29-25(32)23(15-18-9-7-12-20(14-18)30(33)34)35-26(29)21(16-27)24(31)28-19-10-3-2-4-11-19/h2-15H,1H3,(H,28,31)/b23-15+,26-21+. The van der Waals surface area contributed by atoms with Gasteiger partial charge in [-0.1, -0.05) is 48.5 Å². The second-order valence-corrected chi connectivity index (χ2v) is 8.53. The lowest BCUT2D eigenvalue weighted by molar-refractivity contribution is -0.384. The van der Waals surface area contributed by atoms with E-state index in [-0.39, 0.29) is 20.5 Å². The number of nitrogens with zero attached hydrogens (tertiary/aromatic N) is 3. The first-order valence-electron chi connectivity index (χ1n) is 10.4. The van der Waals surface area contributed by atoms with Crippen LogP contribution >= 0.6 is 11.3 Å². The summed E-state index contributed by atoms with van der Waals surface area (Å²) in [6, 6.07) is 23.7. The van der Waals surface area contributed by atoms with E-state index in [0.717, 1.165) is 16.9 Å². The third-order valence-electron chi connectivity index (χ3n) is 5.14. The molecule has 0 aliphatic heterocycles. The van der Waals surface area contributed by atoms with E-state index in [1.807, 2.05) is 25.1 Å². The molecule has 0 fully saturated rings. The van der Waals surface area contributed by atoms with Crippen molar-refractivity contribution in [2.24, 2.45) is 0 Å². The number of aromatic nitrogens is 1. The zero-order chi connectivity index (χ0) is 24.9. The molecule has 0 unspecified atom stereocenters. The molecular weight excluding hydrogens is 464 g/mol. The van der Waals surface area contributed by atoms with Crippen LogP contribution in [0.3, 0.4) is 0 Å². The Morgan fingerprint density at radius 3 is 2.49 bits per heavy atom. The van der Waals surface area contributed by atoms with Gasteiger partial charge in [-0.25, -0.2) is 0 Å². The molecule has 9 heteroatoms.